The first-order chi connectivity index (χ1) is 13.1. The molecule has 2 heterocycles. The first-order valence-electron chi connectivity index (χ1n) is 8.94. The van der Waals surface area contributed by atoms with Crippen molar-refractivity contribution in [3.63, 3.8) is 0 Å². The highest BCUT2D eigenvalue weighted by Crippen LogP contribution is 2.29. The predicted octanol–water partition coefficient (Wildman–Crippen LogP) is 3.62. The third kappa shape index (κ3) is 4.30. The average Bonchev–Trinajstić information content (AvgIpc) is 2.90. The summed E-state index contributed by atoms with van der Waals surface area (Å²) in [4.78, 5) is 5.99. The van der Waals surface area contributed by atoms with E-state index in [9.17, 15) is 21.6 Å². The fraction of sp³-hybridized carbons (Fsp3) is 0.421. The lowest BCUT2D eigenvalue weighted by atomic mass is 10.1. The molecule has 1 aliphatic heterocycles. The van der Waals surface area contributed by atoms with Gasteiger partial charge in [0.15, 0.2) is 0 Å². The van der Waals surface area contributed by atoms with Crippen LogP contribution in [0.3, 0.4) is 0 Å². The van der Waals surface area contributed by atoms with Crippen molar-refractivity contribution in [2.45, 2.75) is 31.3 Å². The van der Waals surface area contributed by atoms with Crippen LogP contribution in [0.5, 0.6) is 0 Å². The standard InChI is InChI=1S/C19H22F3N3O2S/c1-14-4-6-17(12-15(14)2)28(26,27)25-9-3-8-24(10-11-25)18-7-5-16(13-23-18)19(20,21)22/h4-7,12-13H,3,8-11H2,1-2H3. The highest BCUT2D eigenvalue weighted by Gasteiger charge is 2.31. The third-order valence-electron chi connectivity index (χ3n) is 4.97. The minimum absolute atomic E-state index is 0.248. The molecule has 1 saturated heterocycles. The molecule has 0 N–H and O–H groups in total. The largest absolute Gasteiger partial charge is 0.417 e. The second kappa shape index (κ2) is 7.71. The van der Waals surface area contributed by atoms with Gasteiger partial charge < -0.3 is 4.90 Å². The van der Waals surface area contributed by atoms with Crippen LogP contribution in [-0.4, -0.2) is 43.9 Å². The van der Waals surface area contributed by atoms with Gasteiger partial charge in [-0.2, -0.15) is 17.5 Å². The first kappa shape index (κ1) is 20.6. The number of aromatic nitrogens is 1. The average molecular weight is 413 g/mol. The van der Waals surface area contributed by atoms with E-state index in [4.69, 9.17) is 0 Å². The van der Waals surface area contributed by atoms with Crippen molar-refractivity contribution in [1.82, 2.24) is 9.29 Å². The van der Waals surface area contributed by atoms with E-state index in [-0.39, 0.29) is 11.4 Å². The van der Waals surface area contributed by atoms with E-state index in [0.717, 1.165) is 23.4 Å². The molecule has 9 heteroatoms. The SMILES string of the molecule is Cc1ccc(S(=O)(=O)N2CCCN(c3ccc(C(F)(F)F)cn3)CC2)cc1C. The van der Waals surface area contributed by atoms with Crippen LogP contribution in [0.4, 0.5) is 19.0 Å². The lowest BCUT2D eigenvalue weighted by Crippen LogP contribution is -2.35. The van der Waals surface area contributed by atoms with Crippen LogP contribution in [-0.2, 0) is 16.2 Å². The molecule has 0 unspecified atom stereocenters. The summed E-state index contributed by atoms with van der Waals surface area (Å²) < 4.78 is 65.5. The van der Waals surface area contributed by atoms with E-state index in [1.807, 2.05) is 18.7 Å². The number of anilines is 1. The number of hydrogen-bond donors (Lipinski definition) is 0. The van der Waals surface area contributed by atoms with Gasteiger partial charge in [0, 0.05) is 32.4 Å². The molecule has 1 fully saturated rings. The summed E-state index contributed by atoms with van der Waals surface area (Å²) in [5, 5.41) is 0. The Kier molecular flexibility index (Phi) is 5.67. The molecule has 0 atom stereocenters. The van der Waals surface area contributed by atoms with Crippen LogP contribution in [0.1, 0.15) is 23.1 Å². The zero-order valence-corrected chi connectivity index (χ0v) is 16.5. The van der Waals surface area contributed by atoms with Gasteiger partial charge in [-0.05, 0) is 55.7 Å². The van der Waals surface area contributed by atoms with Crippen LogP contribution < -0.4 is 4.90 Å². The fourth-order valence-corrected chi connectivity index (χ4v) is 4.68. The number of hydrogen-bond acceptors (Lipinski definition) is 4. The molecule has 2 aromatic rings. The number of halogens is 3. The van der Waals surface area contributed by atoms with E-state index < -0.39 is 21.8 Å². The zero-order chi connectivity index (χ0) is 20.5. The number of nitrogens with zero attached hydrogens (tertiary/aromatic N) is 3. The van der Waals surface area contributed by atoms with Gasteiger partial charge in [0.2, 0.25) is 10.0 Å². The summed E-state index contributed by atoms with van der Waals surface area (Å²) in [5.74, 6) is 0.415. The summed E-state index contributed by atoms with van der Waals surface area (Å²) in [6.45, 7) is 5.28. The molecule has 0 saturated carbocycles. The number of sulfonamides is 1. The molecule has 0 amide bonds. The van der Waals surface area contributed by atoms with Crippen molar-refractivity contribution in [3.8, 4) is 0 Å². The molecule has 1 aromatic carbocycles. The van der Waals surface area contributed by atoms with Crippen molar-refractivity contribution in [2.75, 3.05) is 31.1 Å². The summed E-state index contributed by atoms with van der Waals surface area (Å²) in [6, 6.07) is 7.40. The predicted molar refractivity (Wildman–Crippen MR) is 101 cm³/mol. The monoisotopic (exact) mass is 413 g/mol. The zero-order valence-electron chi connectivity index (χ0n) is 15.7. The van der Waals surface area contributed by atoms with E-state index in [1.54, 1.807) is 18.2 Å². The Bertz CT molecular complexity index is 944. The topological polar surface area (TPSA) is 53.5 Å². The Morgan fingerprint density at radius 1 is 0.964 bits per heavy atom. The van der Waals surface area contributed by atoms with E-state index in [2.05, 4.69) is 4.98 Å². The van der Waals surface area contributed by atoms with Crippen LogP contribution in [0.15, 0.2) is 41.4 Å². The fourth-order valence-electron chi connectivity index (χ4n) is 3.13. The van der Waals surface area contributed by atoms with Crippen LogP contribution in [0, 0.1) is 13.8 Å². The number of rotatable bonds is 3. The summed E-state index contributed by atoms with van der Waals surface area (Å²) in [7, 11) is -3.62. The second-order valence-electron chi connectivity index (χ2n) is 6.89. The van der Waals surface area contributed by atoms with Gasteiger partial charge in [-0.3, -0.25) is 0 Å². The van der Waals surface area contributed by atoms with E-state index in [1.165, 1.54) is 10.4 Å². The van der Waals surface area contributed by atoms with Crippen LogP contribution >= 0.6 is 0 Å². The molecule has 152 valence electrons. The van der Waals surface area contributed by atoms with Gasteiger partial charge in [0.25, 0.3) is 0 Å². The van der Waals surface area contributed by atoms with Gasteiger partial charge in [0.1, 0.15) is 5.82 Å². The molecule has 28 heavy (non-hydrogen) atoms. The molecular weight excluding hydrogens is 391 g/mol. The molecule has 0 bridgehead atoms. The summed E-state index contributed by atoms with van der Waals surface area (Å²) in [6.07, 6.45) is -3.06. The smallest absolute Gasteiger partial charge is 0.355 e. The maximum atomic E-state index is 13.0. The Labute approximate surface area is 162 Å². The van der Waals surface area contributed by atoms with Gasteiger partial charge in [-0.15, -0.1) is 0 Å². The van der Waals surface area contributed by atoms with E-state index in [0.29, 0.717) is 31.9 Å². The normalized spacial score (nSPS) is 16.8. The summed E-state index contributed by atoms with van der Waals surface area (Å²) >= 11 is 0. The minimum atomic E-state index is -4.43. The number of pyridine rings is 1. The van der Waals surface area contributed by atoms with Gasteiger partial charge in [-0.25, -0.2) is 13.4 Å². The highest BCUT2D eigenvalue weighted by molar-refractivity contribution is 7.89. The number of aryl methyl sites for hydroxylation is 2. The molecule has 0 radical (unpaired) electrons. The molecule has 1 aromatic heterocycles. The molecule has 3 rings (SSSR count). The molecule has 5 nitrogen and oxygen atoms in total. The maximum Gasteiger partial charge on any atom is 0.417 e. The van der Waals surface area contributed by atoms with Crippen LogP contribution in [0.25, 0.3) is 0 Å². The van der Waals surface area contributed by atoms with Crippen molar-refractivity contribution < 1.29 is 21.6 Å². The number of benzene rings is 1. The summed E-state index contributed by atoms with van der Waals surface area (Å²) in [5.41, 5.74) is 1.13. The molecule has 0 spiro atoms. The Morgan fingerprint density at radius 2 is 1.71 bits per heavy atom. The highest BCUT2D eigenvalue weighted by atomic mass is 32.2. The van der Waals surface area contributed by atoms with Gasteiger partial charge in [0.05, 0.1) is 10.5 Å². The molecule has 1 aliphatic rings. The Morgan fingerprint density at radius 3 is 2.32 bits per heavy atom. The Hall–Kier alpha value is -2.13. The first-order valence-corrected chi connectivity index (χ1v) is 10.4. The van der Waals surface area contributed by atoms with Crippen molar-refractivity contribution in [1.29, 1.82) is 0 Å². The lowest BCUT2D eigenvalue weighted by molar-refractivity contribution is -0.137. The van der Waals surface area contributed by atoms with Crippen molar-refractivity contribution >= 4 is 15.8 Å². The quantitative estimate of drug-likeness (QED) is 0.771. The van der Waals surface area contributed by atoms with E-state index >= 15 is 0 Å². The van der Waals surface area contributed by atoms with Crippen molar-refractivity contribution in [3.05, 3.63) is 53.2 Å². The van der Waals surface area contributed by atoms with Crippen molar-refractivity contribution in [2.24, 2.45) is 0 Å². The Balaban J connectivity index is 1.75. The van der Waals surface area contributed by atoms with Gasteiger partial charge >= 0.3 is 6.18 Å². The molecular formula is C19H22F3N3O2S. The number of alkyl halides is 3. The minimum Gasteiger partial charge on any atom is -0.355 e. The second-order valence-corrected chi connectivity index (χ2v) is 8.83. The van der Waals surface area contributed by atoms with Crippen LogP contribution in [0.2, 0.25) is 0 Å². The third-order valence-corrected chi connectivity index (χ3v) is 6.86. The van der Waals surface area contributed by atoms with Gasteiger partial charge in [-0.1, -0.05) is 6.07 Å². The maximum absolute atomic E-state index is 13.0. The lowest BCUT2D eigenvalue weighted by Gasteiger charge is -2.23. The molecule has 0 aliphatic carbocycles.